The third-order valence-corrected chi connectivity index (χ3v) is 4.99. The molecule has 0 bridgehead atoms. The van der Waals surface area contributed by atoms with Crippen LogP contribution in [0.4, 0.5) is 0 Å². The summed E-state index contributed by atoms with van der Waals surface area (Å²) >= 11 is 1.85. The smallest absolute Gasteiger partial charge is 0.124 e. The zero-order valence-corrected chi connectivity index (χ0v) is 12.9. The van der Waals surface area contributed by atoms with E-state index < -0.39 is 0 Å². The van der Waals surface area contributed by atoms with Crippen LogP contribution in [0.25, 0.3) is 0 Å². The Hall–Kier alpha value is -1.32. The van der Waals surface area contributed by atoms with E-state index in [1.165, 1.54) is 16.0 Å². The minimum absolute atomic E-state index is 0.381. The van der Waals surface area contributed by atoms with Gasteiger partial charge in [0.05, 0.1) is 6.61 Å². The van der Waals surface area contributed by atoms with Crippen LogP contribution in [0.15, 0.2) is 35.7 Å². The Balaban J connectivity index is 1.77. The van der Waals surface area contributed by atoms with Crippen molar-refractivity contribution in [3.8, 4) is 5.75 Å². The largest absolute Gasteiger partial charge is 0.493 e. The first-order valence-electron chi connectivity index (χ1n) is 7.30. The number of hydrogen-bond donors (Lipinski definition) is 1. The van der Waals surface area contributed by atoms with Crippen molar-refractivity contribution in [2.45, 2.75) is 32.9 Å². The van der Waals surface area contributed by atoms with Crippen LogP contribution < -0.4 is 10.1 Å². The molecule has 20 heavy (non-hydrogen) atoms. The van der Waals surface area contributed by atoms with Gasteiger partial charge in [0.25, 0.3) is 0 Å². The van der Waals surface area contributed by atoms with Gasteiger partial charge in [-0.15, -0.1) is 11.3 Å². The van der Waals surface area contributed by atoms with Gasteiger partial charge in [-0.25, -0.2) is 0 Å². The Labute approximate surface area is 124 Å². The lowest BCUT2D eigenvalue weighted by atomic mass is 9.92. The van der Waals surface area contributed by atoms with Crippen molar-refractivity contribution in [3.63, 3.8) is 0 Å². The second-order valence-electron chi connectivity index (χ2n) is 5.41. The van der Waals surface area contributed by atoms with Gasteiger partial charge in [0.2, 0.25) is 0 Å². The molecule has 0 saturated heterocycles. The van der Waals surface area contributed by atoms with E-state index in [9.17, 15) is 0 Å². The molecular weight excluding hydrogens is 266 g/mol. The van der Waals surface area contributed by atoms with E-state index in [4.69, 9.17) is 4.74 Å². The van der Waals surface area contributed by atoms with Crippen LogP contribution in [-0.4, -0.2) is 6.61 Å². The third kappa shape index (κ3) is 2.60. The molecule has 2 nitrogen and oxygen atoms in total. The summed E-state index contributed by atoms with van der Waals surface area (Å²) < 4.78 is 5.81. The van der Waals surface area contributed by atoms with Crippen LogP contribution in [0.2, 0.25) is 0 Å². The maximum Gasteiger partial charge on any atom is 0.124 e. The molecule has 1 N–H and O–H groups in total. The molecule has 1 aliphatic rings. The summed E-state index contributed by atoms with van der Waals surface area (Å²) in [6.45, 7) is 6.21. The molecule has 106 valence electrons. The van der Waals surface area contributed by atoms with Crippen LogP contribution >= 0.6 is 11.3 Å². The molecule has 0 radical (unpaired) electrons. The molecule has 3 heteroatoms. The number of ether oxygens (including phenoxy) is 1. The number of aryl methyl sites for hydroxylation is 1. The average Bonchev–Trinajstić information content (AvgIpc) is 2.94. The zero-order valence-electron chi connectivity index (χ0n) is 12.1. The normalized spacial score (nSPS) is 21.3. The summed E-state index contributed by atoms with van der Waals surface area (Å²) in [7, 11) is 0. The van der Waals surface area contributed by atoms with Gasteiger partial charge < -0.3 is 10.1 Å². The van der Waals surface area contributed by atoms with Crippen molar-refractivity contribution in [2.24, 2.45) is 5.92 Å². The van der Waals surface area contributed by atoms with Gasteiger partial charge in [-0.3, -0.25) is 0 Å². The van der Waals surface area contributed by atoms with Crippen molar-refractivity contribution in [1.82, 2.24) is 5.32 Å². The van der Waals surface area contributed by atoms with E-state index in [0.717, 1.165) is 25.3 Å². The highest BCUT2D eigenvalue weighted by Crippen LogP contribution is 2.35. The van der Waals surface area contributed by atoms with Crippen LogP contribution in [0.3, 0.4) is 0 Å². The van der Waals surface area contributed by atoms with Crippen molar-refractivity contribution in [3.05, 3.63) is 51.7 Å². The molecule has 1 aromatic heterocycles. The first-order valence-corrected chi connectivity index (χ1v) is 8.18. The summed E-state index contributed by atoms with van der Waals surface area (Å²) in [5.41, 5.74) is 2.76. The summed E-state index contributed by atoms with van der Waals surface area (Å²) in [5.74, 6) is 1.53. The summed E-state index contributed by atoms with van der Waals surface area (Å²) in [6, 6.07) is 11.0. The van der Waals surface area contributed by atoms with Crippen LogP contribution in [0.5, 0.6) is 5.75 Å². The molecule has 0 fully saturated rings. The molecular formula is C17H21NOS. The fraction of sp³-hybridized carbons (Fsp3) is 0.412. The zero-order chi connectivity index (χ0) is 13.9. The number of nitrogens with one attached hydrogen (secondary N) is 1. The Bertz CT molecular complexity index is 578. The van der Waals surface area contributed by atoms with Crippen LogP contribution in [0.1, 0.15) is 35.9 Å². The quantitative estimate of drug-likeness (QED) is 0.911. The molecule has 3 rings (SSSR count). The highest BCUT2D eigenvalue weighted by atomic mass is 32.1. The van der Waals surface area contributed by atoms with Crippen molar-refractivity contribution in [1.29, 1.82) is 0 Å². The maximum absolute atomic E-state index is 5.81. The lowest BCUT2D eigenvalue weighted by Gasteiger charge is -2.32. The Morgan fingerprint density at radius 1 is 1.30 bits per heavy atom. The minimum Gasteiger partial charge on any atom is -0.493 e. The van der Waals surface area contributed by atoms with Gasteiger partial charge in [0, 0.05) is 28.9 Å². The molecule has 1 aliphatic heterocycles. The van der Waals surface area contributed by atoms with Crippen molar-refractivity contribution >= 4 is 11.3 Å². The van der Waals surface area contributed by atoms with E-state index in [-0.39, 0.29) is 0 Å². The Morgan fingerprint density at radius 3 is 3.00 bits per heavy atom. The summed E-state index contributed by atoms with van der Waals surface area (Å²) in [6.07, 6.45) is 1.11. The summed E-state index contributed by atoms with van der Waals surface area (Å²) in [5, 5.41) is 5.93. The maximum atomic E-state index is 5.81. The fourth-order valence-electron chi connectivity index (χ4n) is 2.84. The molecule has 2 unspecified atom stereocenters. The second kappa shape index (κ2) is 5.98. The van der Waals surface area contributed by atoms with E-state index in [1.807, 2.05) is 17.4 Å². The minimum atomic E-state index is 0.381. The average molecular weight is 287 g/mol. The monoisotopic (exact) mass is 287 g/mol. The third-order valence-electron chi connectivity index (χ3n) is 4.03. The second-order valence-corrected chi connectivity index (χ2v) is 6.41. The fourth-order valence-corrected chi connectivity index (χ4v) is 3.77. The SMILES string of the molecule is CCc1ccsc1CNC1c2ccccc2OCC1C. The lowest BCUT2D eigenvalue weighted by molar-refractivity contribution is 0.188. The van der Waals surface area contributed by atoms with Gasteiger partial charge in [0.1, 0.15) is 5.75 Å². The number of fused-ring (bicyclic) bond motifs is 1. The summed E-state index contributed by atoms with van der Waals surface area (Å²) in [4.78, 5) is 1.46. The van der Waals surface area contributed by atoms with E-state index in [2.05, 4.69) is 48.8 Å². The first kappa shape index (κ1) is 13.7. The number of para-hydroxylation sites is 1. The van der Waals surface area contributed by atoms with Crippen molar-refractivity contribution in [2.75, 3.05) is 6.61 Å². The Morgan fingerprint density at radius 2 is 2.15 bits per heavy atom. The Kier molecular flexibility index (Phi) is 4.08. The predicted molar refractivity (Wildman–Crippen MR) is 84.4 cm³/mol. The van der Waals surface area contributed by atoms with E-state index in [1.54, 1.807) is 0 Å². The van der Waals surface area contributed by atoms with E-state index >= 15 is 0 Å². The molecule has 0 saturated carbocycles. The van der Waals surface area contributed by atoms with Gasteiger partial charge in [-0.2, -0.15) is 0 Å². The van der Waals surface area contributed by atoms with Gasteiger partial charge in [-0.05, 0) is 29.5 Å². The molecule has 1 aromatic carbocycles. The van der Waals surface area contributed by atoms with Crippen LogP contribution in [0, 0.1) is 5.92 Å². The van der Waals surface area contributed by atoms with Crippen LogP contribution in [-0.2, 0) is 13.0 Å². The van der Waals surface area contributed by atoms with Gasteiger partial charge in [0.15, 0.2) is 0 Å². The number of hydrogen-bond acceptors (Lipinski definition) is 3. The standard InChI is InChI=1S/C17H21NOS/c1-3-13-8-9-20-16(13)10-18-17-12(2)11-19-15-7-5-4-6-14(15)17/h4-9,12,17-18H,3,10-11H2,1-2H3. The van der Waals surface area contributed by atoms with Gasteiger partial charge >= 0.3 is 0 Å². The molecule has 0 spiro atoms. The lowest BCUT2D eigenvalue weighted by Crippen LogP contribution is -2.33. The molecule has 2 heterocycles. The first-order chi connectivity index (χ1) is 9.79. The number of thiophene rings is 1. The molecule has 2 aromatic rings. The number of benzene rings is 1. The molecule has 0 amide bonds. The number of rotatable bonds is 4. The van der Waals surface area contributed by atoms with Gasteiger partial charge in [-0.1, -0.05) is 32.0 Å². The van der Waals surface area contributed by atoms with E-state index in [0.29, 0.717) is 12.0 Å². The highest BCUT2D eigenvalue weighted by molar-refractivity contribution is 7.10. The predicted octanol–water partition coefficient (Wildman–Crippen LogP) is 4.17. The van der Waals surface area contributed by atoms with Crippen molar-refractivity contribution < 1.29 is 4.74 Å². The topological polar surface area (TPSA) is 21.3 Å². The molecule has 0 aliphatic carbocycles. The molecule has 2 atom stereocenters. The highest BCUT2D eigenvalue weighted by Gasteiger charge is 2.27.